The zero-order valence-corrected chi connectivity index (χ0v) is 9.47. The maximum atomic E-state index is 5.90. The Balaban J connectivity index is 2.05. The molecule has 1 spiro atoms. The summed E-state index contributed by atoms with van der Waals surface area (Å²) in [6.45, 7) is 0.846. The summed E-state index contributed by atoms with van der Waals surface area (Å²) in [5.74, 6) is 0. The minimum absolute atomic E-state index is 0.253. The minimum Gasteiger partial charge on any atom is -0.371 e. The van der Waals surface area contributed by atoms with Crippen LogP contribution in [0.1, 0.15) is 38.5 Å². The lowest BCUT2D eigenvalue weighted by atomic mass is 9.81. The third kappa shape index (κ3) is 1.84. The average Bonchev–Trinajstić information content (AvgIpc) is 2.05. The van der Waals surface area contributed by atoms with E-state index in [1.54, 1.807) is 0 Å². The number of hydrogen-bond donors (Lipinski definition) is 0. The molecule has 0 saturated heterocycles. The van der Waals surface area contributed by atoms with E-state index in [1.165, 1.54) is 42.1 Å². The van der Waals surface area contributed by atoms with Crippen LogP contribution in [0.3, 0.4) is 0 Å². The maximum Gasteiger partial charge on any atom is 0.0731 e. The summed E-state index contributed by atoms with van der Waals surface area (Å²) in [6, 6.07) is 0. The summed E-state index contributed by atoms with van der Waals surface area (Å²) >= 11 is 2.45. The van der Waals surface area contributed by atoms with Gasteiger partial charge in [0.25, 0.3) is 0 Å². The fourth-order valence-corrected chi connectivity index (χ4v) is 3.13. The van der Waals surface area contributed by atoms with Gasteiger partial charge in [-0.25, -0.2) is 0 Å². The van der Waals surface area contributed by atoms with Crippen molar-refractivity contribution >= 4 is 22.6 Å². The van der Waals surface area contributed by atoms with Crippen molar-refractivity contribution < 1.29 is 4.74 Å². The molecule has 0 N–H and O–H groups in total. The van der Waals surface area contributed by atoms with Crippen molar-refractivity contribution in [2.24, 2.45) is 0 Å². The zero-order valence-electron chi connectivity index (χ0n) is 7.31. The molecule has 1 fully saturated rings. The van der Waals surface area contributed by atoms with E-state index >= 15 is 0 Å². The Bertz CT molecular complexity index is 192. The van der Waals surface area contributed by atoms with Crippen LogP contribution in [-0.2, 0) is 4.74 Å². The van der Waals surface area contributed by atoms with Crippen molar-refractivity contribution in [2.45, 2.75) is 44.1 Å². The molecule has 2 rings (SSSR count). The van der Waals surface area contributed by atoms with Gasteiger partial charge in [-0.2, -0.15) is 0 Å². The number of rotatable bonds is 0. The first-order valence-electron chi connectivity index (χ1n) is 4.79. The second-order valence-electron chi connectivity index (χ2n) is 3.88. The average molecular weight is 278 g/mol. The van der Waals surface area contributed by atoms with Crippen molar-refractivity contribution in [2.75, 3.05) is 6.61 Å². The number of ether oxygens (including phenoxy) is 1. The van der Waals surface area contributed by atoms with Crippen molar-refractivity contribution in [3.63, 3.8) is 0 Å². The molecule has 0 aromatic heterocycles. The van der Waals surface area contributed by atoms with Gasteiger partial charge in [-0.1, -0.05) is 19.3 Å². The van der Waals surface area contributed by atoms with Crippen molar-refractivity contribution in [3.05, 3.63) is 9.66 Å². The van der Waals surface area contributed by atoms with E-state index in [0.29, 0.717) is 0 Å². The zero-order chi connectivity index (χ0) is 8.44. The van der Waals surface area contributed by atoms with Gasteiger partial charge in [0, 0.05) is 6.42 Å². The molecule has 0 atom stereocenters. The van der Waals surface area contributed by atoms with Crippen LogP contribution in [0.25, 0.3) is 0 Å². The molecule has 1 saturated carbocycles. The standard InChI is InChI=1S/C10H15IO/c11-9-4-7-12-10(8-9)5-2-1-3-6-10/h4H,1-3,5-8H2. The SMILES string of the molecule is IC1=CCOC2(CCCCC2)C1. The third-order valence-electron chi connectivity index (χ3n) is 2.95. The van der Waals surface area contributed by atoms with Crippen LogP contribution in [0.5, 0.6) is 0 Å². The summed E-state index contributed by atoms with van der Waals surface area (Å²) in [5.41, 5.74) is 0.253. The fraction of sp³-hybridized carbons (Fsp3) is 0.800. The van der Waals surface area contributed by atoms with E-state index in [1.807, 2.05) is 0 Å². The molecule has 1 aliphatic carbocycles. The fourth-order valence-electron chi connectivity index (χ4n) is 2.26. The first-order valence-corrected chi connectivity index (χ1v) is 5.87. The maximum absolute atomic E-state index is 5.90. The molecule has 12 heavy (non-hydrogen) atoms. The van der Waals surface area contributed by atoms with Gasteiger partial charge in [0.05, 0.1) is 12.2 Å². The second-order valence-corrected chi connectivity index (χ2v) is 5.27. The third-order valence-corrected chi connectivity index (χ3v) is 3.77. The number of halogens is 1. The van der Waals surface area contributed by atoms with Crippen LogP contribution < -0.4 is 0 Å². The Hall–Kier alpha value is 0.430. The molecule has 0 aromatic rings. The van der Waals surface area contributed by atoms with Crippen LogP contribution in [0.4, 0.5) is 0 Å². The molecule has 0 aromatic carbocycles. The van der Waals surface area contributed by atoms with Gasteiger partial charge in [0.15, 0.2) is 0 Å². The molecular formula is C10H15IO. The Morgan fingerprint density at radius 1 is 1.25 bits per heavy atom. The van der Waals surface area contributed by atoms with Crippen LogP contribution in [-0.4, -0.2) is 12.2 Å². The van der Waals surface area contributed by atoms with Gasteiger partial charge in [-0.3, -0.25) is 0 Å². The molecule has 0 bridgehead atoms. The highest BCUT2D eigenvalue weighted by Gasteiger charge is 2.34. The highest BCUT2D eigenvalue weighted by atomic mass is 127. The van der Waals surface area contributed by atoms with Gasteiger partial charge in [-0.15, -0.1) is 0 Å². The van der Waals surface area contributed by atoms with Crippen LogP contribution in [0.15, 0.2) is 9.66 Å². The van der Waals surface area contributed by atoms with Gasteiger partial charge >= 0.3 is 0 Å². The van der Waals surface area contributed by atoms with E-state index in [2.05, 4.69) is 28.7 Å². The Morgan fingerprint density at radius 2 is 2.00 bits per heavy atom. The summed E-state index contributed by atoms with van der Waals surface area (Å²) < 4.78 is 7.40. The van der Waals surface area contributed by atoms with E-state index in [-0.39, 0.29) is 5.60 Å². The first kappa shape index (κ1) is 9.00. The summed E-state index contributed by atoms with van der Waals surface area (Å²) in [4.78, 5) is 0. The van der Waals surface area contributed by atoms with Crippen LogP contribution in [0, 0.1) is 0 Å². The molecule has 2 aliphatic rings. The summed E-state index contributed by atoms with van der Waals surface area (Å²) in [7, 11) is 0. The van der Waals surface area contributed by atoms with Crippen LogP contribution in [0.2, 0.25) is 0 Å². The minimum atomic E-state index is 0.253. The summed E-state index contributed by atoms with van der Waals surface area (Å²) in [6.07, 6.45) is 10.1. The first-order chi connectivity index (χ1) is 5.81. The molecular weight excluding hydrogens is 263 g/mol. The highest BCUT2D eigenvalue weighted by Crippen LogP contribution is 2.40. The molecule has 2 heteroatoms. The lowest BCUT2D eigenvalue weighted by Gasteiger charge is -2.39. The van der Waals surface area contributed by atoms with Crippen molar-refractivity contribution in [1.29, 1.82) is 0 Å². The quantitative estimate of drug-likeness (QED) is 0.617. The lowest BCUT2D eigenvalue weighted by Crippen LogP contribution is -2.37. The second kappa shape index (κ2) is 3.66. The topological polar surface area (TPSA) is 9.23 Å². The molecule has 0 amide bonds. The Morgan fingerprint density at radius 3 is 2.67 bits per heavy atom. The van der Waals surface area contributed by atoms with E-state index < -0.39 is 0 Å². The van der Waals surface area contributed by atoms with Crippen molar-refractivity contribution in [1.82, 2.24) is 0 Å². The lowest BCUT2D eigenvalue weighted by molar-refractivity contribution is -0.0622. The van der Waals surface area contributed by atoms with Gasteiger partial charge in [0.2, 0.25) is 0 Å². The van der Waals surface area contributed by atoms with Crippen molar-refractivity contribution in [3.8, 4) is 0 Å². The van der Waals surface area contributed by atoms with Crippen LogP contribution >= 0.6 is 22.6 Å². The molecule has 1 heterocycles. The molecule has 68 valence electrons. The Labute approximate surface area is 87.7 Å². The Kier molecular flexibility index (Phi) is 2.75. The molecule has 1 nitrogen and oxygen atoms in total. The highest BCUT2D eigenvalue weighted by molar-refractivity contribution is 14.1. The van der Waals surface area contributed by atoms with E-state index in [4.69, 9.17) is 4.74 Å². The molecule has 0 unspecified atom stereocenters. The summed E-state index contributed by atoms with van der Waals surface area (Å²) in [5, 5.41) is 0. The van der Waals surface area contributed by atoms with E-state index in [9.17, 15) is 0 Å². The predicted molar refractivity (Wildman–Crippen MR) is 58.5 cm³/mol. The monoisotopic (exact) mass is 278 g/mol. The molecule has 1 aliphatic heterocycles. The van der Waals surface area contributed by atoms with E-state index in [0.717, 1.165) is 6.61 Å². The van der Waals surface area contributed by atoms with Gasteiger partial charge < -0.3 is 4.74 Å². The van der Waals surface area contributed by atoms with Gasteiger partial charge in [0.1, 0.15) is 0 Å². The predicted octanol–water partition coefficient (Wildman–Crippen LogP) is 3.43. The normalized spacial score (nSPS) is 28.6. The largest absolute Gasteiger partial charge is 0.371 e. The molecule has 0 radical (unpaired) electrons. The van der Waals surface area contributed by atoms with Gasteiger partial charge in [-0.05, 0) is 45.1 Å². The smallest absolute Gasteiger partial charge is 0.0731 e. The number of hydrogen-bond acceptors (Lipinski definition) is 1.